The van der Waals surface area contributed by atoms with Crippen LogP contribution in [-0.2, 0) is 0 Å². The molecule has 0 N–H and O–H groups in total. The topological polar surface area (TPSA) is 54.8 Å². The van der Waals surface area contributed by atoms with Crippen LogP contribution in [0.4, 0.5) is 0 Å². The molecule has 4 nitrogen and oxygen atoms in total. The zero-order valence-corrected chi connectivity index (χ0v) is 16.5. The largest absolute Gasteiger partial charge is 0.455 e. The van der Waals surface area contributed by atoms with Crippen LogP contribution in [0.25, 0.3) is 39.0 Å². The maximum Gasteiger partial charge on any atom is 0.159 e. The van der Waals surface area contributed by atoms with E-state index in [1.807, 2.05) is 41.1 Å². The first kappa shape index (κ1) is 17.3. The summed E-state index contributed by atoms with van der Waals surface area (Å²) in [5.74, 6) is 0.709. The maximum atomic E-state index is 9.53. The van der Waals surface area contributed by atoms with Gasteiger partial charge in [-0.3, -0.25) is 4.57 Å². The third-order valence-corrected chi connectivity index (χ3v) is 5.34. The number of aromatic nitrogens is 2. The van der Waals surface area contributed by atoms with E-state index < -0.39 is 0 Å². The highest BCUT2D eigenvalue weighted by Crippen LogP contribution is 2.36. The van der Waals surface area contributed by atoms with Crippen molar-refractivity contribution < 1.29 is 4.42 Å². The third-order valence-electron chi connectivity index (χ3n) is 5.34. The Hall–Kier alpha value is -3.84. The van der Waals surface area contributed by atoms with E-state index in [2.05, 4.69) is 56.1 Å². The normalized spacial score (nSPS) is 11.2. The molecule has 3 aromatic carbocycles. The number of nitriles is 1. The first-order chi connectivity index (χ1) is 14.1. The second-order valence-corrected chi connectivity index (χ2v) is 7.46. The second kappa shape index (κ2) is 6.35. The van der Waals surface area contributed by atoms with Gasteiger partial charge in [0.25, 0.3) is 0 Å². The van der Waals surface area contributed by atoms with E-state index in [4.69, 9.17) is 4.42 Å². The number of para-hydroxylation sites is 2. The number of hydrogen-bond acceptors (Lipinski definition) is 3. The number of rotatable bonds is 2. The molecule has 0 atom stereocenters. The van der Waals surface area contributed by atoms with E-state index in [-0.39, 0.29) is 0 Å². The van der Waals surface area contributed by atoms with E-state index in [9.17, 15) is 5.26 Å². The fraction of sp³-hybridized carbons (Fsp3) is 0.120. The van der Waals surface area contributed by atoms with Crippen LogP contribution in [0.1, 0.15) is 22.4 Å². The van der Waals surface area contributed by atoms with Gasteiger partial charge in [0.05, 0.1) is 11.3 Å². The molecule has 2 aromatic heterocycles. The van der Waals surface area contributed by atoms with Crippen LogP contribution >= 0.6 is 0 Å². The van der Waals surface area contributed by atoms with Crippen LogP contribution in [0.15, 0.2) is 65.2 Å². The number of fused-ring (bicyclic) bond motifs is 3. The summed E-state index contributed by atoms with van der Waals surface area (Å²) >= 11 is 0. The Balaban J connectivity index is 1.85. The molecule has 0 aliphatic heterocycles. The van der Waals surface area contributed by atoms with Crippen molar-refractivity contribution in [1.82, 2.24) is 9.55 Å². The molecule has 0 saturated carbocycles. The van der Waals surface area contributed by atoms with Crippen LogP contribution < -0.4 is 0 Å². The highest BCUT2D eigenvalue weighted by molar-refractivity contribution is 6.09. The second-order valence-electron chi connectivity index (χ2n) is 7.46. The Kier molecular flexibility index (Phi) is 3.78. The number of hydrogen-bond donors (Lipinski definition) is 0. The Morgan fingerprint density at radius 2 is 1.66 bits per heavy atom. The molecule has 0 bridgehead atoms. The maximum absolute atomic E-state index is 9.53. The van der Waals surface area contributed by atoms with E-state index in [1.54, 1.807) is 0 Å². The molecule has 0 spiro atoms. The molecule has 0 radical (unpaired) electrons. The lowest BCUT2D eigenvalue weighted by Gasteiger charge is -2.15. The van der Waals surface area contributed by atoms with Crippen molar-refractivity contribution in [2.75, 3.05) is 0 Å². The summed E-state index contributed by atoms with van der Waals surface area (Å²) in [5, 5.41) is 11.6. The molecular formula is C25H19N3O. The first-order valence-electron chi connectivity index (χ1n) is 9.55. The summed E-state index contributed by atoms with van der Waals surface area (Å²) < 4.78 is 8.23. The number of nitrogens with zero attached hydrogens (tertiary/aromatic N) is 3. The minimum atomic E-state index is 0.382. The monoisotopic (exact) mass is 377 g/mol. The van der Waals surface area contributed by atoms with Gasteiger partial charge in [0.1, 0.15) is 23.1 Å². The molecule has 0 fully saturated rings. The Labute approximate surface area is 168 Å². The number of benzene rings is 3. The van der Waals surface area contributed by atoms with Gasteiger partial charge in [-0.05, 0) is 44.0 Å². The van der Waals surface area contributed by atoms with Crippen LogP contribution in [0, 0.1) is 32.1 Å². The van der Waals surface area contributed by atoms with Gasteiger partial charge < -0.3 is 4.42 Å². The van der Waals surface area contributed by atoms with Crippen molar-refractivity contribution in [3.05, 3.63) is 83.2 Å². The number of furan rings is 1. The van der Waals surface area contributed by atoms with Crippen molar-refractivity contribution in [1.29, 1.82) is 5.26 Å². The fourth-order valence-electron chi connectivity index (χ4n) is 4.27. The third kappa shape index (κ3) is 2.63. The van der Waals surface area contributed by atoms with Crippen LogP contribution in [0.3, 0.4) is 0 Å². The minimum Gasteiger partial charge on any atom is -0.455 e. The molecule has 4 heteroatoms. The van der Waals surface area contributed by atoms with Crippen LogP contribution in [0.5, 0.6) is 0 Å². The van der Waals surface area contributed by atoms with E-state index in [0.717, 1.165) is 44.3 Å². The molecule has 0 unspecified atom stereocenters. The number of aryl methyl sites for hydroxylation is 3. The summed E-state index contributed by atoms with van der Waals surface area (Å²) in [6, 6.07) is 20.6. The van der Waals surface area contributed by atoms with Gasteiger partial charge >= 0.3 is 0 Å². The van der Waals surface area contributed by atoms with Crippen molar-refractivity contribution in [2.24, 2.45) is 0 Å². The SMILES string of the molecule is Cc1cc(C)c(-n2cc(C#N)nc2-c2cccc3c2oc2ccccc23)c(C)c1. The Morgan fingerprint density at radius 1 is 0.931 bits per heavy atom. The van der Waals surface area contributed by atoms with Gasteiger partial charge in [0, 0.05) is 17.0 Å². The Bertz CT molecular complexity index is 1420. The van der Waals surface area contributed by atoms with Crippen molar-refractivity contribution >= 4 is 21.9 Å². The molecule has 2 heterocycles. The molecule has 5 rings (SSSR count). The highest BCUT2D eigenvalue weighted by Gasteiger charge is 2.19. The van der Waals surface area contributed by atoms with Gasteiger partial charge in [-0.15, -0.1) is 0 Å². The lowest BCUT2D eigenvalue weighted by Crippen LogP contribution is -2.02. The van der Waals surface area contributed by atoms with Gasteiger partial charge in [0.2, 0.25) is 0 Å². The standard InChI is InChI=1S/C25H19N3O/c1-15-11-16(2)23(17(3)12-15)28-14-18(13-26)27-25(28)21-9-6-8-20-19-7-4-5-10-22(19)29-24(20)21/h4-12,14H,1-3H3. The quantitative estimate of drug-likeness (QED) is 0.366. The lowest BCUT2D eigenvalue weighted by molar-refractivity contribution is 0.669. The average Bonchev–Trinajstić information content (AvgIpc) is 3.28. The molecule has 0 saturated heterocycles. The average molecular weight is 377 g/mol. The summed E-state index contributed by atoms with van der Waals surface area (Å²) in [6.07, 6.45) is 1.81. The lowest BCUT2D eigenvalue weighted by atomic mass is 10.0. The molecule has 140 valence electrons. The highest BCUT2D eigenvalue weighted by atomic mass is 16.3. The summed E-state index contributed by atoms with van der Waals surface area (Å²) in [5.41, 5.74) is 7.43. The van der Waals surface area contributed by atoms with Gasteiger partial charge in [-0.25, -0.2) is 4.98 Å². The smallest absolute Gasteiger partial charge is 0.159 e. The fourth-order valence-corrected chi connectivity index (χ4v) is 4.27. The molecule has 5 aromatic rings. The zero-order chi connectivity index (χ0) is 20.1. The summed E-state index contributed by atoms with van der Waals surface area (Å²) in [6.45, 7) is 6.27. The Morgan fingerprint density at radius 3 is 2.41 bits per heavy atom. The first-order valence-corrected chi connectivity index (χ1v) is 9.55. The van der Waals surface area contributed by atoms with E-state index in [0.29, 0.717) is 11.5 Å². The molecule has 29 heavy (non-hydrogen) atoms. The van der Waals surface area contributed by atoms with Gasteiger partial charge in [-0.2, -0.15) is 5.26 Å². The van der Waals surface area contributed by atoms with Gasteiger partial charge in [0.15, 0.2) is 5.69 Å². The molecular weight excluding hydrogens is 358 g/mol. The summed E-state index contributed by atoms with van der Waals surface area (Å²) in [7, 11) is 0. The zero-order valence-electron chi connectivity index (χ0n) is 16.5. The van der Waals surface area contributed by atoms with Gasteiger partial charge in [-0.1, -0.05) is 48.0 Å². The summed E-state index contributed by atoms with van der Waals surface area (Å²) in [4.78, 5) is 4.64. The molecule has 0 aliphatic rings. The van der Waals surface area contributed by atoms with Crippen LogP contribution in [-0.4, -0.2) is 9.55 Å². The van der Waals surface area contributed by atoms with Crippen molar-refractivity contribution in [3.8, 4) is 23.1 Å². The predicted molar refractivity (Wildman–Crippen MR) is 115 cm³/mol. The molecule has 0 amide bonds. The minimum absolute atomic E-state index is 0.382. The van der Waals surface area contributed by atoms with Crippen molar-refractivity contribution in [3.63, 3.8) is 0 Å². The van der Waals surface area contributed by atoms with E-state index in [1.165, 1.54) is 5.56 Å². The predicted octanol–water partition coefficient (Wildman–Crippen LogP) is 6.24. The molecule has 0 aliphatic carbocycles. The van der Waals surface area contributed by atoms with Crippen LogP contribution in [0.2, 0.25) is 0 Å². The van der Waals surface area contributed by atoms with Crippen molar-refractivity contribution in [2.45, 2.75) is 20.8 Å². The van der Waals surface area contributed by atoms with E-state index >= 15 is 0 Å². The number of imidazole rings is 1.